The third-order valence-corrected chi connectivity index (χ3v) is 12.1. The molecule has 6 heteroatoms. The summed E-state index contributed by atoms with van der Waals surface area (Å²) in [6.07, 6.45) is 78.2. The smallest absolute Gasteiger partial charge is 0.310 e. The van der Waals surface area contributed by atoms with Gasteiger partial charge in [-0.15, -0.1) is 0 Å². The van der Waals surface area contributed by atoms with Crippen LogP contribution < -0.4 is 0 Å². The molecule has 0 aromatic heterocycles. The van der Waals surface area contributed by atoms with Gasteiger partial charge in [0, 0.05) is 12.8 Å². The molecule has 1 unspecified atom stereocenters. The van der Waals surface area contributed by atoms with E-state index in [1.807, 2.05) is 6.08 Å². The van der Waals surface area contributed by atoms with Crippen LogP contribution in [0.5, 0.6) is 0 Å². The molecule has 0 amide bonds. The van der Waals surface area contributed by atoms with Crippen molar-refractivity contribution in [1.29, 1.82) is 0 Å². The van der Waals surface area contributed by atoms with Crippen molar-refractivity contribution in [2.45, 2.75) is 264 Å². The van der Waals surface area contributed by atoms with Gasteiger partial charge >= 0.3 is 17.9 Å². The lowest BCUT2D eigenvalue weighted by atomic mass is 10.0. The molecule has 0 aromatic carbocycles. The fourth-order valence-corrected chi connectivity index (χ4v) is 7.80. The molecule has 0 radical (unpaired) electrons. The normalized spacial score (nSPS) is 12.9. The number of allylic oxidation sites excluding steroid dienone is 17. The first-order valence-corrected chi connectivity index (χ1v) is 28.9. The highest BCUT2D eigenvalue weighted by molar-refractivity contribution is 5.72. The van der Waals surface area contributed by atoms with Gasteiger partial charge in [0.1, 0.15) is 13.2 Å². The van der Waals surface area contributed by atoms with Crippen molar-refractivity contribution in [3.05, 3.63) is 109 Å². The molecular formula is C64H106O6. The zero-order valence-electron chi connectivity index (χ0n) is 45.5. The molecule has 0 bridgehead atoms. The Hall–Kier alpha value is -3.93. The largest absolute Gasteiger partial charge is 0.462 e. The van der Waals surface area contributed by atoms with Crippen LogP contribution in [-0.4, -0.2) is 37.2 Å². The monoisotopic (exact) mass is 971 g/mol. The average Bonchev–Trinajstić information content (AvgIpc) is 3.36. The molecule has 0 aliphatic rings. The third-order valence-electron chi connectivity index (χ3n) is 12.1. The first kappa shape index (κ1) is 66.1. The van der Waals surface area contributed by atoms with E-state index in [4.69, 9.17) is 14.2 Å². The maximum Gasteiger partial charge on any atom is 0.310 e. The first-order chi connectivity index (χ1) is 34.5. The van der Waals surface area contributed by atoms with Gasteiger partial charge in [0.15, 0.2) is 6.10 Å². The summed E-state index contributed by atoms with van der Waals surface area (Å²) in [6, 6.07) is 0. The van der Waals surface area contributed by atoms with Gasteiger partial charge in [0.05, 0.1) is 6.42 Å². The van der Waals surface area contributed by atoms with E-state index in [0.717, 1.165) is 96.3 Å². The van der Waals surface area contributed by atoms with E-state index in [9.17, 15) is 14.4 Å². The summed E-state index contributed by atoms with van der Waals surface area (Å²) in [7, 11) is 0. The van der Waals surface area contributed by atoms with Crippen LogP contribution in [0.2, 0.25) is 0 Å². The summed E-state index contributed by atoms with van der Waals surface area (Å²) in [4.78, 5) is 38.1. The Balaban J connectivity index is 4.43. The molecule has 398 valence electrons. The lowest BCUT2D eigenvalue weighted by Gasteiger charge is -2.18. The number of esters is 3. The van der Waals surface area contributed by atoms with E-state index in [1.54, 1.807) is 6.08 Å². The van der Waals surface area contributed by atoms with Gasteiger partial charge in [-0.05, 0) is 83.5 Å². The van der Waals surface area contributed by atoms with Crippen LogP contribution in [0.15, 0.2) is 109 Å². The fourth-order valence-electron chi connectivity index (χ4n) is 7.80. The van der Waals surface area contributed by atoms with Gasteiger partial charge in [0.2, 0.25) is 0 Å². The Labute approximate surface area is 431 Å². The van der Waals surface area contributed by atoms with Crippen molar-refractivity contribution >= 4 is 17.9 Å². The van der Waals surface area contributed by atoms with Crippen molar-refractivity contribution in [3.8, 4) is 0 Å². The number of rotatable bonds is 51. The first-order valence-electron chi connectivity index (χ1n) is 28.9. The van der Waals surface area contributed by atoms with Crippen molar-refractivity contribution in [1.82, 2.24) is 0 Å². The van der Waals surface area contributed by atoms with Crippen LogP contribution in [0.3, 0.4) is 0 Å². The molecule has 0 N–H and O–H groups in total. The van der Waals surface area contributed by atoms with Crippen LogP contribution in [-0.2, 0) is 28.6 Å². The van der Waals surface area contributed by atoms with Gasteiger partial charge in [-0.1, -0.05) is 265 Å². The molecular weight excluding hydrogens is 865 g/mol. The zero-order chi connectivity index (χ0) is 50.7. The fraction of sp³-hybridized carbons (Fsp3) is 0.672. The summed E-state index contributed by atoms with van der Waals surface area (Å²) < 4.78 is 16.8. The van der Waals surface area contributed by atoms with Gasteiger partial charge in [-0.3, -0.25) is 14.4 Å². The average molecular weight is 972 g/mol. The standard InChI is InChI=1S/C64H106O6/c1-4-7-10-13-16-19-22-25-28-29-30-31-32-33-34-35-37-39-42-45-48-51-54-57-63(66)69-60-61(59-68-62(65)56-53-50-47-44-41-38-27-24-21-18-15-12-9-6-3)70-64(67)58-55-52-49-46-43-40-36-26-23-20-17-14-11-8-5-2/h7-8,10-11,16-17,19-20,25-26,28,30-31,36,43,46,52,55,61H,4-6,9,12-15,18,21-24,27,29,32-35,37-42,44-45,47-51,53-54,56-60H2,1-3H3/b10-7-,11-8-,19-16-,20-17-,28-25-,31-30-,36-26-,46-43-,55-52-. The molecule has 0 saturated heterocycles. The lowest BCUT2D eigenvalue weighted by Crippen LogP contribution is -2.30. The molecule has 1 atom stereocenters. The maximum atomic E-state index is 12.8. The zero-order valence-corrected chi connectivity index (χ0v) is 45.5. The Bertz CT molecular complexity index is 1440. The topological polar surface area (TPSA) is 78.9 Å². The quantitative estimate of drug-likeness (QED) is 0.0262. The van der Waals surface area contributed by atoms with E-state index in [-0.39, 0.29) is 31.6 Å². The summed E-state index contributed by atoms with van der Waals surface area (Å²) in [5, 5.41) is 0. The van der Waals surface area contributed by atoms with Crippen LogP contribution in [0.25, 0.3) is 0 Å². The van der Waals surface area contributed by atoms with Crippen LogP contribution in [0.1, 0.15) is 258 Å². The molecule has 0 fully saturated rings. The molecule has 0 aliphatic carbocycles. The number of carbonyl (C=O) groups is 3. The Morgan fingerprint density at radius 1 is 0.314 bits per heavy atom. The molecule has 70 heavy (non-hydrogen) atoms. The SMILES string of the molecule is CC/C=C\C/C=C\C/C=C\C/C=C\C/C=C\CC(=O)OC(COC(=O)CCCCCCCCCCCC/C=C\C/C=C\C/C=C\C/C=C\CC)COC(=O)CCCCCCCCCCCCCCCC. The highest BCUT2D eigenvalue weighted by atomic mass is 16.6. The maximum absolute atomic E-state index is 12.8. The van der Waals surface area contributed by atoms with Crippen LogP contribution in [0, 0.1) is 0 Å². The second kappa shape index (κ2) is 57.6. The summed E-state index contributed by atoms with van der Waals surface area (Å²) in [6.45, 7) is 6.33. The molecule has 0 spiro atoms. The molecule has 0 rings (SSSR count). The summed E-state index contributed by atoms with van der Waals surface area (Å²) in [5.41, 5.74) is 0. The van der Waals surface area contributed by atoms with Crippen molar-refractivity contribution in [2.75, 3.05) is 13.2 Å². The van der Waals surface area contributed by atoms with E-state index in [2.05, 4.69) is 118 Å². The van der Waals surface area contributed by atoms with Gasteiger partial charge in [0.25, 0.3) is 0 Å². The second-order valence-corrected chi connectivity index (χ2v) is 18.8. The molecule has 0 aromatic rings. The highest BCUT2D eigenvalue weighted by Gasteiger charge is 2.19. The Morgan fingerprint density at radius 2 is 0.600 bits per heavy atom. The van der Waals surface area contributed by atoms with E-state index < -0.39 is 12.1 Å². The predicted molar refractivity (Wildman–Crippen MR) is 302 cm³/mol. The Morgan fingerprint density at radius 3 is 0.943 bits per heavy atom. The molecule has 6 nitrogen and oxygen atoms in total. The van der Waals surface area contributed by atoms with Gasteiger partial charge in [-0.25, -0.2) is 0 Å². The number of ether oxygens (including phenoxy) is 3. The minimum atomic E-state index is -0.834. The summed E-state index contributed by atoms with van der Waals surface area (Å²) >= 11 is 0. The Kier molecular flexibility index (Phi) is 54.4. The van der Waals surface area contributed by atoms with Gasteiger partial charge in [-0.2, -0.15) is 0 Å². The highest BCUT2D eigenvalue weighted by Crippen LogP contribution is 2.15. The minimum Gasteiger partial charge on any atom is -0.462 e. The number of unbranched alkanes of at least 4 members (excludes halogenated alkanes) is 23. The van der Waals surface area contributed by atoms with Gasteiger partial charge < -0.3 is 14.2 Å². The lowest BCUT2D eigenvalue weighted by molar-refractivity contribution is -0.166. The third kappa shape index (κ3) is 55.0. The van der Waals surface area contributed by atoms with Crippen molar-refractivity contribution in [2.24, 2.45) is 0 Å². The van der Waals surface area contributed by atoms with E-state index >= 15 is 0 Å². The number of hydrogen-bond acceptors (Lipinski definition) is 6. The molecule has 0 aliphatic heterocycles. The summed E-state index contributed by atoms with van der Waals surface area (Å²) in [5.74, 6) is -1.05. The van der Waals surface area contributed by atoms with Crippen molar-refractivity contribution in [3.63, 3.8) is 0 Å². The van der Waals surface area contributed by atoms with E-state index in [1.165, 1.54) is 122 Å². The molecule has 0 saturated carbocycles. The predicted octanol–water partition coefficient (Wildman–Crippen LogP) is 19.5. The molecule has 0 heterocycles. The minimum absolute atomic E-state index is 0.0949. The van der Waals surface area contributed by atoms with Crippen molar-refractivity contribution < 1.29 is 28.6 Å². The van der Waals surface area contributed by atoms with E-state index in [0.29, 0.717) is 12.8 Å². The van der Waals surface area contributed by atoms with Crippen LogP contribution >= 0.6 is 0 Å². The number of carbonyl (C=O) groups excluding carboxylic acids is 3. The van der Waals surface area contributed by atoms with Crippen LogP contribution in [0.4, 0.5) is 0 Å². The second-order valence-electron chi connectivity index (χ2n) is 18.8. The number of hydrogen-bond donors (Lipinski definition) is 0.